The minimum atomic E-state index is -4.49. The zero-order valence-corrected chi connectivity index (χ0v) is 15.1. The van der Waals surface area contributed by atoms with Crippen molar-refractivity contribution in [2.75, 3.05) is 18.4 Å². The lowest BCUT2D eigenvalue weighted by Gasteiger charge is -2.20. The number of hydrogen-bond donors (Lipinski definition) is 1. The standard InChI is InChI=1S/C18H18ClF3N4O/c19-13-6-5-12(18(20,21)22)11-15(13)25-17-23-8-7-14(24-17)16(27)26-9-3-1-2-4-10-26/h5-8,11H,1-4,9-10H2,(H,23,24,25). The summed E-state index contributed by atoms with van der Waals surface area (Å²) in [5, 5.41) is 2.76. The molecule has 1 aliphatic heterocycles. The molecule has 0 bridgehead atoms. The number of nitrogens with zero attached hydrogens (tertiary/aromatic N) is 3. The van der Waals surface area contributed by atoms with E-state index >= 15 is 0 Å². The van der Waals surface area contributed by atoms with Crippen LogP contribution in [0.5, 0.6) is 0 Å². The molecule has 1 aromatic heterocycles. The van der Waals surface area contributed by atoms with Crippen molar-refractivity contribution < 1.29 is 18.0 Å². The predicted molar refractivity (Wildman–Crippen MR) is 96.1 cm³/mol. The monoisotopic (exact) mass is 398 g/mol. The van der Waals surface area contributed by atoms with Gasteiger partial charge in [-0.2, -0.15) is 13.2 Å². The smallest absolute Gasteiger partial charge is 0.337 e. The van der Waals surface area contributed by atoms with Gasteiger partial charge in [-0.25, -0.2) is 9.97 Å². The van der Waals surface area contributed by atoms with E-state index in [0.29, 0.717) is 13.1 Å². The van der Waals surface area contributed by atoms with Gasteiger partial charge >= 0.3 is 6.18 Å². The molecule has 1 aliphatic rings. The zero-order chi connectivity index (χ0) is 19.4. The molecule has 1 aromatic carbocycles. The number of halogens is 4. The number of hydrogen-bond acceptors (Lipinski definition) is 4. The molecule has 1 amide bonds. The molecule has 0 unspecified atom stereocenters. The van der Waals surface area contributed by atoms with Gasteiger partial charge in [0.15, 0.2) is 0 Å². The van der Waals surface area contributed by atoms with Gasteiger partial charge in [0.2, 0.25) is 5.95 Å². The summed E-state index contributed by atoms with van der Waals surface area (Å²) in [6, 6.07) is 4.42. The van der Waals surface area contributed by atoms with E-state index in [1.807, 2.05) is 0 Å². The minimum absolute atomic E-state index is 0.0110. The van der Waals surface area contributed by atoms with E-state index in [9.17, 15) is 18.0 Å². The molecule has 27 heavy (non-hydrogen) atoms. The number of nitrogens with one attached hydrogen (secondary N) is 1. The van der Waals surface area contributed by atoms with Crippen molar-refractivity contribution in [3.05, 3.63) is 46.7 Å². The quantitative estimate of drug-likeness (QED) is 0.798. The van der Waals surface area contributed by atoms with Crippen LogP contribution in [0, 0.1) is 0 Å². The van der Waals surface area contributed by atoms with Gasteiger partial charge < -0.3 is 10.2 Å². The summed E-state index contributed by atoms with van der Waals surface area (Å²) in [4.78, 5) is 22.5. The fourth-order valence-electron chi connectivity index (χ4n) is 2.89. The number of anilines is 2. The second kappa shape index (κ2) is 8.12. The Hall–Kier alpha value is -2.35. The first kappa shape index (κ1) is 19.4. The lowest BCUT2D eigenvalue weighted by molar-refractivity contribution is -0.137. The van der Waals surface area contributed by atoms with Crippen LogP contribution >= 0.6 is 11.6 Å². The number of carbonyl (C=O) groups excluding carboxylic acids is 1. The summed E-state index contributed by atoms with van der Waals surface area (Å²) in [7, 11) is 0. The Morgan fingerprint density at radius 3 is 2.48 bits per heavy atom. The largest absolute Gasteiger partial charge is 0.416 e. The average Bonchev–Trinajstić information content (AvgIpc) is 2.91. The third-order valence-corrected chi connectivity index (χ3v) is 4.64. The fourth-order valence-corrected chi connectivity index (χ4v) is 3.06. The molecule has 1 N–H and O–H groups in total. The molecule has 0 saturated carbocycles. The summed E-state index contributed by atoms with van der Waals surface area (Å²) in [6.07, 6.45) is 0.973. The van der Waals surface area contributed by atoms with E-state index in [0.717, 1.165) is 43.9 Å². The molecule has 1 saturated heterocycles. The van der Waals surface area contributed by atoms with Crippen LogP contribution in [0.3, 0.4) is 0 Å². The van der Waals surface area contributed by atoms with E-state index < -0.39 is 11.7 Å². The topological polar surface area (TPSA) is 58.1 Å². The van der Waals surface area contributed by atoms with Crippen LogP contribution in [0.1, 0.15) is 41.7 Å². The Bertz CT molecular complexity index is 820. The summed E-state index contributed by atoms with van der Waals surface area (Å²) in [5.74, 6) is -0.200. The van der Waals surface area contributed by atoms with Crippen molar-refractivity contribution in [1.29, 1.82) is 0 Å². The molecule has 0 radical (unpaired) electrons. The molecule has 5 nitrogen and oxygen atoms in total. The highest BCUT2D eigenvalue weighted by atomic mass is 35.5. The SMILES string of the molecule is O=C(c1ccnc(Nc2cc(C(F)(F)F)ccc2Cl)n1)N1CCCCCC1. The van der Waals surface area contributed by atoms with Crippen LogP contribution in [-0.2, 0) is 6.18 Å². The van der Waals surface area contributed by atoms with Gasteiger partial charge in [-0.3, -0.25) is 4.79 Å². The Balaban J connectivity index is 1.81. The van der Waals surface area contributed by atoms with Crippen LogP contribution in [0.2, 0.25) is 5.02 Å². The molecule has 1 fully saturated rings. The lowest BCUT2D eigenvalue weighted by atomic mass is 10.2. The number of benzene rings is 1. The first-order valence-electron chi connectivity index (χ1n) is 8.61. The molecule has 0 aliphatic carbocycles. The first-order valence-corrected chi connectivity index (χ1v) is 8.98. The molecule has 2 aromatic rings. The van der Waals surface area contributed by atoms with E-state index in [1.54, 1.807) is 4.90 Å². The molecule has 3 rings (SSSR count). The van der Waals surface area contributed by atoms with Gasteiger partial charge in [0, 0.05) is 19.3 Å². The van der Waals surface area contributed by atoms with Crippen molar-refractivity contribution in [3.8, 4) is 0 Å². The van der Waals surface area contributed by atoms with Crippen molar-refractivity contribution in [1.82, 2.24) is 14.9 Å². The molecule has 9 heteroatoms. The number of alkyl halides is 3. The Labute approximate surface area is 159 Å². The first-order chi connectivity index (χ1) is 12.8. The minimum Gasteiger partial charge on any atom is -0.337 e. The van der Waals surface area contributed by atoms with Crippen molar-refractivity contribution in [3.63, 3.8) is 0 Å². The number of rotatable bonds is 3. The molecule has 144 valence electrons. The van der Waals surface area contributed by atoms with Gasteiger partial charge in [0.05, 0.1) is 16.3 Å². The van der Waals surface area contributed by atoms with Crippen molar-refractivity contribution in [2.45, 2.75) is 31.9 Å². The third-order valence-electron chi connectivity index (χ3n) is 4.31. The maximum atomic E-state index is 12.9. The van der Waals surface area contributed by atoms with Crippen LogP contribution in [0.4, 0.5) is 24.8 Å². The van der Waals surface area contributed by atoms with Gasteiger partial charge in [-0.1, -0.05) is 24.4 Å². The summed E-state index contributed by atoms with van der Waals surface area (Å²) in [5.41, 5.74) is -0.630. The summed E-state index contributed by atoms with van der Waals surface area (Å²) in [6.45, 7) is 1.34. The van der Waals surface area contributed by atoms with Gasteiger partial charge in [-0.05, 0) is 37.1 Å². The van der Waals surface area contributed by atoms with Crippen molar-refractivity contribution >= 4 is 29.1 Å². The van der Waals surface area contributed by atoms with E-state index in [1.165, 1.54) is 12.3 Å². The fraction of sp³-hybridized carbons (Fsp3) is 0.389. The van der Waals surface area contributed by atoms with Crippen molar-refractivity contribution in [2.24, 2.45) is 0 Å². The normalized spacial score (nSPS) is 15.3. The highest BCUT2D eigenvalue weighted by Gasteiger charge is 2.31. The second-order valence-corrected chi connectivity index (χ2v) is 6.70. The molecular weight excluding hydrogens is 381 g/mol. The van der Waals surface area contributed by atoms with Crippen LogP contribution in [0.15, 0.2) is 30.5 Å². The van der Waals surface area contributed by atoms with E-state index in [2.05, 4.69) is 15.3 Å². The number of likely N-dealkylation sites (tertiary alicyclic amines) is 1. The number of aromatic nitrogens is 2. The number of amides is 1. The average molecular weight is 399 g/mol. The maximum Gasteiger partial charge on any atom is 0.416 e. The Morgan fingerprint density at radius 1 is 1.11 bits per heavy atom. The van der Waals surface area contributed by atoms with Gasteiger partial charge in [0.25, 0.3) is 5.91 Å². The van der Waals surface area contributed by atoms with Crippen LogP contribution in [-0.4, -0.2) is 33.9 Å². The Morgan fingerprint density at radius 2 is 1.81 bits per heavy atom. The molecular formula is C18H18ClF3N4O. The van der Waals surface area contributed by atoms with Crippen LogP contribution < -0.4 is 5.32 Å². The maximum absolute atomic E-state index is 12.9. The summed E-state index contributed by atoms with van der Waals surface area (Å²) >= 11 is 5.98. The van der Waals surface area contributed by atoms with E-state index in [-0.39, 0.29) is 28.3 Å². The molecule has 0 atom stereocenters. The third kappa shape index (κ3) is 4.88. The number of carbonyl (C=O) groups is 1. The highest BCUT2D eigenvalue weighted by molar-refractivity contribution is 6.33. The second-order valence-electron chi connectivity index (χ2n) is 6.29. The lowest BCUT2D eigenvalue weighted by Crippen LogP contribution is -2.32. The Kier molecular flexibility index (Phi) is 5.84. The summed E-state index contributed by atoms with van der Waals surface area (Å²) < 4.78 is 38.7. The predicted octanol–water partition coefficient (Wildman–Crippen LogP) is 4.91. The molecule has 2 heterocycles. The van der Waals surface area contributed by atoms with E-state index in [4.69, 9.17) is 11.6 Å². The molecule has 0 spiro atoms. The zero-order valence-electron chi connectivity index (χ0n) is 14.4. The highest BCUT2D eigenvalue weighted by Crippen LogP contribution is 2.34. The van der Waals surface area contributed by atoms with Gasteiger partial charge in [-0.15, -0.1) is 0 Å². The van der Waals surface area contributed by atoms with Crippen LogP contribution in [0.25, 0.3) is 0 Å². The van der Waals surface area contributed by atoms with Gasteiger partial charge in [0.1, 0.15) is 5.69 Å².